The number of amides is 2. The Morgan fingerprint density at radius 2 is 1.37 bits per heavy atom. The summed E-state index contributed by atoms with van der Waals surface area (Å²) in [5.41, 5.74) is 0.218. The van der Waals surface area contributed by atoms with Gasteiger partial charge in [-0.1, -0.05) is 6.92 Å². The molecule has 110 valence electrons. The number of nitrogens with zero attached hydrogens (tertiary/aromatic N) is 3. The van der Waals surface area contributed by atoms with Crippen LogP contribution in [-0.4, -0.2) is 65.5 Å². The maximum absolute atomic E-state index is 12.4. The minimum Gasteiger partial charge on any atom is -0.325 e. The summed E-state index contributed by atoms with van der Waals surface area (Å²) in [5, 5.41) is 0. The predicted octanol–water partition coefficient (Wildman–Crippen LogP) is 2.25. The number of carbonyl (C=O) groups is 1. The number of piperidine rings is 1. The van der Waals surface area contributed by atoms with Crippen molar-refractivity contribution in [2.24, 2.45) is 5.92 Å². The third kappa shape index (κ3) is 3.62. The Hall–Kier alpha value is -0.770. The van der Waals surface area contributed by atoms with E-state index in [1.807, 2.05) is 9.80 Å². The zero-order valence-electron chi connectivity index (χ0n) is 13.0. The van der Waals surface area contributed by atoms with Gasteiger partial charge in [0.25, 0.3) is 0 Å². The summed E-state index contributed by atoms with van der Waals surface area (Å²) in [6, 6.07) is 0.264. The van der Waals surface area contributed by atoms with Crippen molar-refractivity contribution in [3.05, 3.63) is 0 Å². The second kappa shape index (κ2) is 5.70. The molecule has 2 rings (SSSR count). The summed E-state index contributed by atoms with van der Waals surface area (Å²) in [7, 11) is 0. The Morgan fingerprint density at radius 3 is 1.84 bits per heavy atom. The summed E-state index contributed by atoms with van der Waals surface area (Å²) >= 11 is 0. The third-order valence-electron chi connectivity index (χ3n) is 4.55. The van der Waals surface area contributed by atoms with Crippen molar-refractivity contribution >= 4 is 6.03 Å². The first kappa shape index (κ1) is 14.6. The van der Waals surface area contributed by atoms with Crippen molar-refractivity contribution in [3.8, 4) is 0 Å². The molecule has 2 aliphatic heterocycles. The summed E-state index contributed by atoms with van der Waals surface area (Å²) in [6.45, 7) is 14.7. The lowest BCUT2D eigenvalue weighted by Gasteiger charge is -2.44. The van der Waals surface area contributed by atoms with Gasteiger partial charge in [-0.2, -0.15) is 0 Å². The van der Waals surface area contributed by atoms with Crippen LogP contribution in [0.3, 0.4) is 0 Å². The number of hydrogen-bond acceptors (Lipinski definition) is 2. The molecule has 0 aromatic carbocycles. The quantitative estimate of drug-likeness (QED) is 0.673. The zero-order valence-corrected chi connectivity index (χ0v) is 13.0. The fourth-order valence-corrected chi connectivity index (χ4v) is 2.97. The minimum atomic E-state index is 0.218. The van der Waals surface area contributed by atoms with Crippen LogP contribution in [0, 0.1) is 5.92 Å². The minimum absolute atomic E-state index is 0.218. The Bertz CT molecular complexity index is 308. The second-order valence-electron chi connectivity index (χ2n) is 7.10. The van der Waals surface area contributed by atoms with E-state index in [1.165, 1.54) is 0 Å². The van der Waals surface area contributed by atoms with Gasteiger partial charge in [0.2, 0.25) is 0 Å². The smallest absolute Gasteiger partial charge is 0.320 e. The van der Waals surface area contributed by atoms with Crippen molar-refractivity contribution < 1.29 is 4.79 Å². The summed E-state index contributed by atoms with van der Waals surface area (Å²) < 4.78 is 0. The molecule has 2 aliphatic rings. The van der Waals surface area contributed by atoms with Crippen LogP contribution in [0.5, 0.6) is 0 Å². The molecule has 19 heavy (non-hydrogen) atoms. The predicted molar refractivity (Wildman–Crippen MR) is 78.3 cm³/mol. The van der Waals surface area contributed by atoms with Crippen LogP contribution < -0.4 is 0 Å². The number of hydrogen-bond donors (Lipinski definition) is 0. The number of piperazine rings is 1. The molecule has 0 radical (unpaired) electrons. The van der Waals surface area contributed by atoms with E-state index < -0.39 is 0 Å². The highest BCUT2D eigenvalue weighted by molar-refractivity contribution is 5.74. The van der Waals surface area contributed by atoms with Gasteiger partial charge in [-0.05, 0) is 39.5 Å². The van der Waals surface area contributed by atoms with E-state index in [2.05, 4.69) is 32.6 Å². The number of rotatable bonds is 0. The Labute approximate surface area is 117 Å². The number of carbonyl (C=O) groups excluding carboxylic acids is 1. The third-order valence-corrected chi connectivity index (χ3v) is 4.55. The largest absolute Gasteiger partial charge is 0.325 e. The number of likely N-dealkylation sites (tertiary alicyclic amines) is 1. The average Bonchev–Trinajstić information content (AvgIpc) is 2.38. The van der Waals surface area contributed by atoms with Crippen LogP contribution in [0.2, 0.25) is 0 Å². The fourth-order valence-electron chi connectivity index (χ4n) is 2.97. The van der Waals surface area contributed by atoms with Crippen LogP contribution in [0.15, 0.2) is 0 Å². The van der Waals surface area contributed by atoms with Gasteiger partial charge >= 0.3 is 6.03 Å². The fraction of sp³-hybridized carbons (Fsp3) is 0.933. The SMILES string of the molecule is CC1CCN(C(=O)N2CCN(C(C)(C)C)CC2)CC1. The summed E-state index contributed by atoms with van der Waals surface area (Å²) in [6.07, 6.45) is 2.32. The van der Waals surface area contributed by atoms with Gasteiger partial charge in [-0.15, -0.1) is 0 Å². The van der Waals surface area contributed by atoms with E-state index in [4.69, 9.17) is 0 Å². The maximum Gasteiger partial charge on any atom is 0.320 e. The topological polar surface area (TPSA) is 26.8 Å². The first-order valence-electron chi connectivity index (χ1n) is 7.67. The van der Waals surface area contributed by atoms with Crippen molar-refractivity contribution in [1.29, 1.82) is 0 Å². The molecule has 4 heteroatoms. The van der Waals surface area contributed by atoms with Gasteiger partial charge in [-0.25, -0.2) is 4.79 Å². The molecule has 0 spiro atoms. The van der Waals surface area contributed by atoms with Crippen LogP contribution in [0.1, 0.15) is 40.5 Å². The molecular formula is C15H29N3O. The van der Waals surface area contributed by atoms with Crippen molar-refractivity contribution in [3.63, 3.8) is 0 Å². The van der Waals surface area contributed by atoms with Gasteiger partial charge in [-0.3, -0.25) is 4.90 Å². The van der Waals surface area contributed by atoms with Crippen molar-refractivity contribution in [2.45, 2.75) is 46.1 Å². The highest BCUT2D eigenvalue weighted by Crippen LogP contribution is 2.20. The monoisotopic (exact) mass is 267 g/mol. The summed E-state index contributed by atoms with van der Waals surface area (Å²) in [4.78, 5) is 19.0. The maximum atomic E-state index is 12.4. The van der Waals surface area contributed by atoms with E-state index in [0.717, 1.165) is 58.0 Å². The molecule has 2 heterocycles. The molecule has 0 aromatic rings. The normalized spacial score (nSPS) is 23.8. The molecule has 0 atom stereocenters. The van der Waals surface area contributed by atoms with Crippen LogP contribution in [0.25, 0.3) is 0 Å². The molecule has 0 aliphatic carbocycles. The van der Waals surface area contributed by atoms with E-state index >= 15 is 0 Å². The first-order chi connectivity index (χ1) is 8.88. The van der Waals surface area contributed by atoms with Crippen molar-refractivity contribution in [1.82, 2.24) is 14.7 Å². The van der Waals surface area contributed by atoms with Gasteiger partial charge in [0, 0.05) is 44.8 Å². The lowest BCUT2D eigenvalue weighted by molar-refractivity contribution is 0.0604. The van der Waals surface area contributed by atoms with E-state index in [1.54, 1.807) is 0 Å². The molecule has 4 nitrogen and oxygen atoms in total. The zero-order chi connectivity index (χ0) is 14.0. The standard InChI is InChI=1S/C15H29N3O/c1-13-5-7-16(8-6-13)14(19)17-9-11-18(12-10-17)15(2,3)4/h13H,5-12H2,1-4H3. The van der Waals surface area contributed by atoms with Crippen LogP contribution in [0.4, 0.5) is 4.79 Å². The van der Waals surface area contributed by atoms with E-state index in [0.29, 0.717) is 0 Å². The summed E-state index contributed by atoms with van der Waals surface area (Å²) in [5.74, 6) is 0.779. The molecule has 0 bridgehead atoms. The molecule has 0 N–H and O–H groups in total. The molecule has 2 saturated heterocycles. The Morgan fingerprint density at radius 1 is 0.895 bits per heavy atom. The second-order valence-corrected chi connectivity index (χ2v) is 7.10. The van der Waals surface area contributed by atoms with Crippen molar-refractivity contribution in [2.75, 3.05) is 39.3 Å². The van der Waals surface area contributed by atoms with Gasteiger partial charge in [0.05, 0.1) is 0 Å². The van der Waals surface area contributed by atoms with Crippen LogP contribution >= 0.6 is 0 Å². The molecule has 0 saturated carbocycles. The van der Waals surface area contributed by atoms with Gasteiger partial charge in [0.1, 0.15) is 0 Å². The number of urea groups is 1. The first-order valence-corrected chi connectivity index (χ1v) is 7.67. The highest BCUT2D eigenvalue weighted by Gasteiger charge is 2.30. The molecular weight excluding hydrogens is 238 g/mol. The highest BCUT2D eigenvalue weighted by atomic mass is 16.2. The van der Waals surface area contributed by atoms with Gasteiger partial charge < -0.3 is 9.80 Å². The van der Waals surface area contributed by atoms with E-state index in [-0.39, 0.29) is 11.6 Å². The average molecular weight is 267 g/mol. The molecule has 0 unspecified atom stereocenters. The van der Waals surface area contributed by atoms with Gasteiger partial charge in [0.15, 0.2) is 0 Å². The lowest BCUT2D eigenvalue weighted by atomic mass is 9.99. The Kier molecular flexibility index (Phi) is 4.39. The molecule has 2 fully saturated rings. The molecule has 2 amide bonds. The molecule has 0 aromatic heterocycles. The van der Waals surface area contributed by atoms with E-state index in [9.17, 15) is 4.79 Å². The Balaban J connectivity index is 1.82. The lowest BCUT2D eigenvalue weighted by Crippen LogP contribution is -2.57. The van der Waals surface area contributed by atoms with Crippen LogP contribution in [-0.2, 0) is 0 Å².